The normalized spacial score (nSPS) is 11.1. The number of nitrogens with one attached hydrogen (secondary N) is 1. The highest BCUT2D eigenvalue weighted by Gasteiger charge is 1.98. The van der Waals surface area contributed by atoms with E-state index in [1.54, 1.807) is 30.4 Å². The van der Waals surface area contributed by atoms with Gasteiger partial charge in [-0.25, -0.2) is 4.98 Å². The molecule has 1 rings (SSSR count). The molecule has 0 aliphatic heterocycles. The van der Waals surface area contributed by atoms with Crippen LogP contribution in [-0.2, 0) is 4.79 Å². The molecule has 0 saturated carbocycles. The van der Waals surface area contributed by atoms with Crippen LogP contribution >= 0.6 is 11.6 Å². The SMILES string of the molecule is CC=CC=CC(=O)Nc1cccc(Cl)n1. The van der Waals surface area contributed by atoms with E-state index in [9.17, 15) is 4.79 Å². The minimum absolute atomic E-state index is 0.233. The Morgan fingerprint density at radius 2 is 2.27 bits per heavy atom. The molecule has 0 aliphatic rings. The molecule has 3 nitrogen and oxygen atoms in total. The second-order valence-corrected chi connectivity index (χ2v) is 3.11. The fourth-order valence-corrected chi connectivity index (χ4v) is 1.06. The molecule has 0 aliphatic carbocycles. The molecule has 1 amide bonds. The van der Waals surface area contributed by atoms with Gasteiger partial charge in [-0.2, -0.15) is 0 Å². The molecule has 0 saturated heterocycles. The summed E-state index contributed by atoms with van der Waals surface area (Å²) in [5, 5.41) is 2.94. The van der Waals surface area contributed by atoms with E-state index in [0.717, 1.165) is 0 Å². The fraction of sp³-hybridized carbons (Fsp3) is 0.0909. The summed E-state index contributed by atoms with van der Waals surface area (Å²) in [5.74, 6) is 0.209. The molecule has 78 valence electrons. The Balaban J connectivity index is 2.59. The number of carbonyl (C=O) groups excluding carboxylic acids is 1. The number of pyridine rings is 1. The second-order valence-electron chi connectivity index (χ2n) is 2.72. The summed E-state index contributed by atoms with van der Waals surface area (Å²) >= 11 is 5.66. The Hall–Kier alpha value is -1.61. The van der Waals surface area contributed by atoms with Crippen LogP contribution in [0.2, 0.25) is 5.15 Å². The van der Waals surface area contributed by atoms with Crippen molar-refractivity contribution in [2.45, 2.75) is 6.92 Å². The highest BCUT2D eigenvalue weighted by molar-refractivity contribution is 6.29. The first-order chi connectivity index (χ1) is 7.22. The minimum atomic E-state index is -0.233. The first-order valence-electron chi connectivity index (χ1n) is 4.45. The molecule has 1 heterocycles. The molecular weight excluding hydrogens is 212 g/mol. The largest absolute Gasteiger partial charge is 0.307 e. The van der Waals surface area contributed by atoms with Crippen molar-refractivity contribution in [1.29, 1.82) is 0 Å². The lowest BCUT2D eigenvalue weighted by Crippen LogP contribution is -2.08. The van der Waals surface area contributed by atoms with Crippen LogP contribution in [-0.4, -0.2) is 10.9 Å². The number of allylic oxidation sites excluding steroid dienone is 3. The first-order valence-corrected chi connectivity index (χ1v) is 4.83. The Kier molecular flexibility index (Phi) is 4.57. The minimum Gasteiger partial charge on any atom is -0.307 e. The highest BCUT2D eigenvalue weighted by atomic mass is 35.5. The zero-order valence-electron chi connectivity index (χ0n) is 8.27. The maximum absolute atomic E-state index is 11.3. The van der Waals surface area contributed by atoms with Crippen molar-refractivity contribution < 1.29 is 4.79 Å². The first kappa shape index (κ1) is 11.5. The number of anilines is 1. The van der Waals surface area contributed by atoms with E-state index in [2.05, 4.69) is 10.3 Å². The lowest BCUT2D eigenvalue weighted by molar-refractivity contribution is -0.111. The monoisotopic (exact) mass is 222 g/mol. The van der Waals surface area contributed by atoms with Crippen molar-refractivity contribution in [2.75, 3.05) is 5.32 Å². The molecule has 0 aromatic carbocycles. The van der Waals surface area contributed by atoms with Crippen LogP contribution in [0.25, 0.3) is 0 Å². The summed E-state index contributed by atoms with van der Waals surface area (Å²) in [6.45, 7) is 1.88. The van der Waals surface area contributed by atoms with Crippen LogP contribution in [0.5, 0.6) is 0 Å². The van der Waals surface area contributed by atoms with Crippen LogP contribution in [0, 0.1) is 0 Å². The molecule has 0 unspecified atom stereocenters. The van der Waals surface area contributed by atoms with Gasteiger partial charge in [0.25, 0.3) is 0 Å². The van der Waals surface area contributed by atoms with Gasteiger partial charge in [0, 0.05) is 6.08 Å². The lowest BCUT2D eigenvalue weighted by atomic mass is 10.4. The number of rotatable bonds is 3. The molecule has 0 fully saturated rings. The predicted octanol–water partition coefficient (Wildman–Crippen LogP) is 2.81. The average Bonchev–Trinajstić information content (AvgIpc) is 2.18. The highest BCUT2D eigenvalue weighted by Crippen LogP contribution is 2.08. The maximum atomic E-state index is 11.3. The molecule has 4 heteroatoms. The zero-order chi connectivity index (χ0) is 11.1. The number of carbonyl (C=O) groups is 1. The van der Waals surface area contributed by atoms with Gasteiger partial charge in [0.05, 0.1) is 0 Å². The Morgan fingerprint density at radius 3 is 2.93 bits per heavy atom. The van der Waals surface area contributed by atoms with Crippen molar-refractivity contribution >= 4 is 23.3 Å². The maximum Gasteiger partial charge on any atom is 0.249 e. The Bertz CT molecular complexity index is 399. The molecule has 1 aromatic heterocycles. The number of halogens is 1. The van der Waals surface area contributed by atoms with E-state index >= 15 is 0 Å². The third-order valence-electron chi connectivity index (χ3n) is 1.52. The summed E-state index contributed by atoms with van der Waals surface area (Å²) in [4.78, 5) is 15.2. The molecule has 15 heavy (non-hydrogen) atoms. The van der Waals surface area contributed by atoms with E-state index < -0.39 is 0 Å². The smallest absolute Gasteiger partial charge is 0.249 e. The van der Waals surface area contributed by atoms with Crippen LogP contribution in [0.4, 0.5) is 5.82 Å². The molecule has 0 radical (unpaired) electrons. The van der Waals surface area contributed by atoms with Crippen molar-refractivity contribution in [3.63, 3.8) is 0 Å². The van der Waals surface area contributed by atoms with Gasteiger partial charge in [-0.15, -0.1) is 0 Å². The van der Waals surface area contributed by atoms with Gasteiger partial charge in [0.1, 0.15) is 11.0 Å². The Morgan fingerprint density at radius 1 is 1.47 bits per heavy atom. The fourth-order valence-electron chi connectivity index (χ4n) is 0.900. The number of hydrogen-bond acceptors (Lipinski definition) is 2. The number of amides is 1. The van der Waals surface area contributed by atoms with Crippen LogP contribution in [0.15, 0.2) is 42.5 Å². The third kappa shape index (κ3) is 4.42. The summed E-state index contributed by atoms with van der Waals surface area (Å²) in [5.41, 5.74) is 0. The van der Waals surface area contributed by atoms with Gasteiger partial charge in [-0.1, -0.05) is 35.9 Å². The number of nitrogens with zero attached hydrogens (tertiary/aromatic N) is 1. The topological polar surface area (TPSA) is 42.0 Å². The number of hydrogen-bond donors (Lipinski definition) is 1. The standard InChI is InChI=1S/C11H11ClN2O/c1-2-3-4-8-11(15)14-10-7-5-6-9(12)13-10/h2-8H,1H3,(H,13,14,15). The summed E-state index contributed by atoms with van der Waals surface area (Å²) in [6.07, 6.45) is 6.68. The molecule has 0 atom stereocenters. The van der Waals surface area contributed by atoms with Gasteiger partial charge in [-0.05, 0) is 19.1 Å². The quantitative estimate of drug-likeness (QED) is 0.486. The van der Waals surface area contributed by atoms with Crippen molar-refractivity contribution in [3.8, 4) is 0 Å². The van der Waals surface area contributed by atoms with Crippen LogP contribution in [0.3, 0.4) is 0 Å². The molecule has 0 spiro atoms. The second kappa shape index (κ2) is 5.98. The van der Waals surface area contributed by atoms with Crippen LogP contribution < -0.4 is 5.32 Å². The summed E-state index contributed by atoms with van der Waals surface area (Å²) in [7, 11) is 0. The van der Waals surface area contributed by atoms with Crippen molar-refractivity contribution in [1.82, 2.24) is 4.98 Å². The molecule has 1 N–H and O–H groups in total. The Labute approximate surface area is 93.5 Å². The van der Waals surface area contributed by atoms with E-state index in [-0.39, 0.29) is 5.91 Å². The van der Waals surface area contributed by atoms with Gasteiger partial charge >= 0.3 is 0 Å². The summed E-state index contributed by atoms with van der Waals surface area (Å²) < 4.78 is 0. The summed E-state index contributed by atoms with van der Waals surface area (Å²) in [6, 6.07) is 5.04. The van der Waals surface area contributed by atoms with Gasteiger partial charge < -0.3 is 5.32 Å². The zero-order valence-corrected chi connectivity index (χ0v) is 9.03. The van der Waals surface area contributed by atoms with E-state index in [4.69, 9.17) is 11.6 Å². The van der Waals surface area contributed by atoms with Gasteiger partial charge in [0.2, 0.25) is 5.91 Å². The van der Waals surface area contributed by atoms with Gasteiger partial charge in [-0.3, -0.25) is 4.79 Å². The third-order valence-corrected chi connectivity index (χ3v) is 1.73. The predicted molar refractivity (Wildman–Crippen MR) is 61.8 cm³/mol. The van der Waals surface area contributed by atoms with E-state index in [0.29, 0.717) is 11.0 Å². The van der Waals surface area contributed by atoms with E-state index in [1.807, 2.05) is 13.0 Å². The van der Waals surface area contributed by atoms with Crippen molar-refractivity contribution in [3.05, 3.63) is 47.7 Å². The lowest BCUT2D eigenvalue weighted by Gasteiger charge is -2.00. The van der Waals surface area contributed by atoms with Crippen LogP contribution in [0.1, 0.15) is 6.92 Å². The van der Waals surface area contributed by atoms with E-state index in [1.165, 1.54) is 6.08 Å². The molecule has 0 bridgehead atoms. The number of aromatic nitrogens is 1. The average molecular weight is 223 g/mol. The van der Waals surface area contributed by atoms with Crippen molar-refractivity contribution in [2.24, 2.45) is 0 Å². The molecule has 1 aromatic rings. The van der Waals surface area contributed by atoms with Gasteiger partial charge in [0.15, 0.2) is 0 Å². The molecular formula is C11H11ClN2O.